The normalized spacial score (nSPS) is 11.5. The van der Waals surface area contributed by atoms with E-state index in [4.69, 9.17) is 0 Å². The van der Waals surface area contributed by atoms with E-state index in [1.165, 1.54) is 28.8 Å². The molecule has 0 N–H and O–H groups in total. The molecule has 0 aliphatic carbocycles. The first kappa shape index (κ1) is 15.6. The summed E-state index contributed by atoms with van der Waals surface area (Å²) in [5, 5.41) is 0. The van der Waals surface area contributed by atoms with Gasteiger partial charge in [0.25, 0.3) is 5.56 Å². The molecule has 21 heavy (non-hydrogen) atoms. The van der Waals surface area contributed by atoms with Crippen molar-refractivity contribution in [3.05, 3.63) is 62.5 Å². The Balaban J connectivity index is 2.20. The van der Waals surface area contributed by atoms with Crippen LogP contribution in [0.25, 0.3) is 0 Å². The van der Waals surface area contributed by atoms with Crippen LogP contribution >= 0.6 is 15.9 Å². The molecule has 0 unspecified atom stereocenters. The fourth-order valence-electron chi connectivity index (χ4n) is 1.85. The molecule has 2 aromatic rings. The van der Waals surface area contributed by atoms with Gasteiger partial charge in [-0.05, 0) is 46.6 Å². The molecule has 0 bridgehead atoms. The van der Waals surface area contributed by atoms with E-state index in [0.29, 0.717) is 11.1 Å². The average molecular weight is 362 g/mol. The first-order valence-electron chi connectivity index (χ1n) is 5.96. The summed E-state index contributed by atoms with van der Waals surface area (Å²) in [6.45, 7) is 1.97. The molecule has 0 fully saturated rings. The average Bonchev–Trinajstić information content (AvgIpc) is 2.36. The van der Waals surface area contributed by atoms with Crippen LogP contribution in [0, 0.1) is 6.92 Å². The number of aryl methyl sites for hydroxylation is 1. The van der Waals surface area contributed by atoms with Crippen LogP contribution in [0.2, 0.25) is 0 Å². The minimum absolute atomic E-state index is 0.145. The standard InChI is InChI=1S/C14H11BrF3NO2/c1-9-6-11(15)8-19(13(9)20)7-10-2-4-12(5-3-10)21-14(16,17)18/h2-6,8H,7H2,1H3. The van der Waals surface area contributed by atoms with Gasteiger partial charge in [0.1, 0.15) is 5.75 Å². The monoisotopic (exact) mass is 361 g/mol. The van der Waals surface area contributed by atoms with Gasteiger partial charge in [-0.15, -0.1) is 13.2 Å². The van der Waals surface area contributed by atoms with Crippen molar-refractivity contribution in [3.8, 4) is 5.75 Å². The third-order valence-electron chi connectivity index (χ3n) is 2.74. The molecule has 0 aliphatic heterocycles. The van der Waals surface area contributed by atoms with Gasteiger partial charge >= 0.3 is 6.36 Å². The Kier molecular flexibility index (Phi) is 4.41. The molecule has 0 amide bonds. The lowest BCUT2D eigenvalue weighted by atomic mass is 10.2. The molecule has 0 saturated heterocycles. The molecule has 7 heteroatoms. The SMILES string of the molecule is Cc1cc(Br)cn(Cc2ccc(OC(F)(F)F)cc2)c1=O. The maximum atomic E-state index is 12.1. The lowest BCUT2D eigenvalue weighted by Crippen LogP contribution is -2.22. The largest absolute Gasteiger partial charge is 0.573 e. The van der Waals surface area contributed by atoms with E-state index in [1.807, 2.05) is 0 Å². The molecule has 1 aromatic heterocycles. The molecule has 0 radical (unpaired) electrons. The number of aromatic nitrogens is 1. The summed E-state index contributed by atoms with van der Waals surface area (Å²) in [5.41, 5.74) is 1.14. The predicted octanol–water partition coefficient (Wildman–Crippen LogP) is 3.87. The third kappa shape index (κ3) is 4.35. The van der Waals surface area contributed by atoms with Gasteiger partial charge in [-0.25, -0.2) is 0 Å². The Morgan fingerprint density at radius 3 is 2.43 bits per heavy atom. The number of nitrogens with zero attached hydrogens (tertiary/aromatic N) is 1. The fraction of sp³-hybridized carbons (Fsp3) is 0.214. The van der Waals surface area contributed by atoms with Crippen LogP contribution < -0.4 is 10.3 Å². The zero-order valence-electron chi connectivity index (χ0n) is 10.9. The van der Waals surface area contributed by atoms with E-state index in [-0.39, 0.29) is 17.9 Å². The number of hydrogen-bond donors (Lipinski definition) is 0. The number of rotatable bonds is 3. The first-order chi connectivity index (χ1) is 9.74. The minimum Gasteiger partial charge on any atom is -0.406 e. The van der Waals surface area contributed by atoms with Gasteiger partial charge in [0.05, 0.1) is 6.54 Å². The van der Waals surface area contributed by atoms with Crippen molar-refractivity contribution in [2.24, 2.45) is 0 Å². The summed E-state index contributed by atoms with van der Waals surface area (Å²) >= 11 is 3.30. The maximum Gasteiger partial charge on any atom is 0.573 e. The lowest BCUT2D eigenvalue weighted by Gasteiger charge is -2.10. The molecule has 0 aliphatic rings. The quantitative estimate of drug-likeness (QED) is 0.830. The molecular formula is C14H11BrF3NO2. The number of hydrogen-bond acceptors (Lipinski definition) is 2. The molecule has 2 rings (SSSR count). The number of benzene rings is 1. The maximum absolute atomic E-state index is 12.1. The van der Waals surface area contributed by atoms with Gasteiger partial charge in [-0.2, -0.15) is 0 Å². The third-order valence-corrected chi connectivity index (χ3v) is 3.18. The zero-order chi connectivity index (χ0) is 15.6. The van der Waals surface area contributed by atoms with E-state index in [1.54, 1.807) is 19.2 Å². The molecule has 1 heterocycles. The van der Waals surface area contributed by atoms with Crippen molar-refractivity contribution < 1.29 is 17.9 Å². The summed E-state index contributed by atoms with van der Waals surface area (Å²) in [6, 6.07) is 7.13. The summed E-state index contributed by atoms with van der Waals surface area (Å²) in [5.74, 6) is -0.288. The Hall–Kier alpha value is -1.76. The topological polar surface area (TPSA) is 31.2 Å². The highest BCUT2D eigenvalue weighted by molar-refractivity contribution is 9.10. The Bertz CT molecular complexity index is 693. The van der Waals surface area contributed by atoms with Crippen LogP contribution in [0.1, 0.15) is 11.1 Å². The van der Waals surface area contributed by atoms with Crippen molar-refractivity contribution in [2.45, 2.75) is 19.8 Å². The molecule has 112 valence electrons. The van der Waals surface area contributed by atoms with E-state index in [2.05, 4.69) is 20.7 Å². The predicted molar refractivity (Wildman–Crippen MR) is 75.4 cm³/mol. The summed E-state index contributed by atoms with van der Waals surface area (Å²) < 4.78 is 42.2. The lowest BCUT2D eigenvalue weighted by molar-refractivity contribution is -0.274. The van der Waals surface area contributed by atoms with Gasteiger partial charge < -0.3 is 9.30 Å². The van der Waals surface area contributed by atoms with Crippen molar-refractivity contribution >= 4 is 15.9 Å². The van der Waals surface area contributed by atoms with Crippen LogP contribution in [-0.4, -0.2) is 10.9 Å². The fourth-order valence-corrected chi connectivity index (χ4v) is 2.44. The van der Waals surface area contributed by atoms with Gasteiger partial charge in [0, 0.05) is 16.2 Å². The van der Waals surface area contributed by atoms with Gasteiger partial charge in [0.2, 0.25) is 0 Å². The van der Waals surface area contributed by atoms with E-state index in [0.717, 1.165) is 4.47 Å². The van der Waals surface area contributed by atoms with Crippen LogP contribution in [0.3, 0.4) is 0 Å². The van der Waals surface area contributed by atoms with Crippen molar-refractivity contribution in [3.63, 3.8) is 0 Å². The Labute approximate surface area is 127 Å². The smallest absolute Gasteiger partial charge is 0.406 e. The van der Waals surface area contributed by atoms with Crippen LogP contribution in [0.5, 0.6) is 5.75 Å². The number of pyridine rings is 1. The van der Waals surface area contributed by atoms with Crippen molar-refractivity contribution in [1.29, 1.82) is 0 Å². The Morgan fingerprint density at radius 1 is 1.24 bits per heavy atom. The first-order valence-corrected chi connectivity index (χ1v) is 6.75. The molecular weight excluding hydrogens is 351 g/mol. The molecule has 0 spiro atoms. The summed E-state index contributed by atoms with van der Waals surface area (Å²) in [4.78, 5) is 11.9. The highest BCUT2D eigenvalue weighted by atomic mass is 79.9. The number of ether oxygens (including phenoxy) is 1. The van der Waals surface area contributed by atoms with Gasteiger partial charge in [-0.1, -0.05) is 12.1 Å². The second kappa shape index (κ2) is 5.93. The van der Waals surface area contributed by atoms with E-state index < -0.39 is 6.36 Å². The second-order valence-corrected chi connectivity index (χ2v) is 5.38. The summed E-state index contributed by atoms with van der Waals surface area (Å²) in [6.07, 6.45) is -3.07. The van der Waals surface area contributed by atoms with E-state index >= 15 is 0 Å². The van der Waals surface area contributed by atoms with Gasteiger partial charge in [-0.3, -0.25) is 4.79 Å². The van der Waals surface area contributed by atoms with Crippen molar-refractivity contribution in [1.82, 2.24) is 4.57 Å². The highest BCUT2D eigenvalue weighted by Gasteiger charge is 2.30. The van der Waals surface area contributed by atoms with Crippen LogP contribution in [-0.2, 0) is 6.54 Å². The molecule has 3 nitrogen and oxygen atoms in total. The van der Waals surface area contributed by atoms with Crippen molar-refractivity contribution in [2.75, 3.05) is 0 Å². The van der Waals surface area contributed by atoms with Crippen LogP contribution in [0.15, 0.2) is 45.8 Å². The number of halogens is 4. The second-order valence-electron chi connectivity index (χ2n) is 4.47. The number of alkyl halides is 3. The van der Waals surface area contributed by atoms with Crippen LogP contribution in [0.4, 0.5) is 13.2 Å². The Morgan fingerprint density at radius 2 is 1.86 bits per heavy atom. The molecule has 0 saturated carbocycles. The van der Waals surface area contributed by atoms with E-state index in [9.17, 15) is 18.0 Å². The highest BCUT2D eigenvalue weighted by Crippen LogP contribution is 2.23. The minimum atomic E-state index is -4.71. The molecule has 0 atom stereocenters. The summed E-state index contributed by atoms with van der Waals surface area (Å²) in [7, 11) is 0. The molecule has 1 aromatic carbocycles. The zero-order valence-corrected chi connectivity index (χ0v) is 12.5. The van der Waals surface area contributed by atoms with Gasteiger partial charge in [0.15, 0.2) is 0 Å².